The van der Waals surface area contributed by atoms with Crippen LogP contribution < -0.4 is 9.46 Å². The summed E-state index contributed by atoms with van der Waals surface area (Å²) in [6.07, 6.45) is 2.46. The molecule has 1 N–H and O–H groups in total. The zero-order chi connectivity index (χ0) is 26.0. The lowest BCUT2D eigenvalue weighted by Gasteiger charge is -2.31. The maximum absolute atomic E-state index is 13.4. The van der Waals surface area contributed by atoms with Crippen molar-refractivity contribution < 1.29 is 23.2 Å². The Kier molecular flexibility index (Phi) is 9.32. The largest absolute Gasteiger partial charge is 0.489 e. The molecule has 2 aliphatic rings. The van der Waals surface area contributed by atoms with Gasteiger partial charge in [-0.3, -0.25) is 4.79 Å². The Bertz CT molecular complexity index is 971. The first kappa shape index (κ1) is 28.4. The van der Waals surface area contributed by atoms with Crippen molar-refractivity contribution in [1.29, 1.82) is 0 Å². The Morgan fingerprint density at radius 1 is 1.40 bits per heavy atom. The second kappa shape index (κ2) is 11.5. The van der Waals surface area contributed by atoms with Crippen LogP contribution in [0.2, 0.25) is 10.0 Å². The quantitative estimate of drug-likeness (QED) is 0.416. The highest BCUT2D eigenvalue weighted by atomic mass is 35.5. The number of carbonyl (C=O) groups is 1. The van der Waals surface area contributed by atoms with Crippen LogP contribution in [0, 0.1) is 5.92 Å². The van der Waals surface area contributed by atoms with Crippen LogP contribution in [0.25, 0.3) is 0 Å². The molecule has 3 rings (SSSR count). The fourth-order valence-corrected chi connectivity index (χ4v) is 5.61. The molecular weight excluding hydrogens is 511 g/mol. The molecule has 0 aromatic heterocycles. The average molecular weight is 548 g/mol. The Morgan fingerprint density at radius 3 is 2.69 bits per heavy atom. The molecule has 1 aromatic rings. The summed E-state index contributed by atoms with van der Waals surface area (Å²) in [7, 11) is -1.37. The number of amides is 1. The van der Waals surface area contributed by atoms with Gasteiger partial charge in [-0.15, -0.1) is 0 Å². The van der Waals surface area contributed by atoms with Crippen LogP contribution in [0.1, 0.15) is 59.1 Å². The number of nitrogens with zero attached hydrogens (tertiary/aromatic N) is 1. The molecule has 1 aromatic carbocycles. The zero-order valence-electron chi connectivity index (χ0n) is 21.1. The van der Waals surface area contributed by atoms with E-state index in [1.54, 1.807) is 37.0 Å². The van der Waals surface area contributed by atoms with Crippen molar-refractivity contribution in [2.24, 2.45) is 5.92 Å². The Hall–Kier alpha value is -1.16. The van der Waals surface area contributed by atoms with E-state index in [1.165, 1.54) is 0 Å². The van der Waals surface area contributed by atoms with Gasteiger partial charge in [-0.1, -0.05) is 42.8 Å². The lowest BCUT2D eigenvalue weighted by Crippen LogP contribution is -2.42. The van der Waals surface area contributed by atoms with Gasteiger partial charge in [0, 0.05) is 24.7 Å². The van der Waals surface area contributed by atoms with Crippen molar-refractivity contribution in [1.82, 2.24) is 9.62 Å². The SMILES string of the molecule is C=CCOc1cc(Cl)c(Cl)cc1C(NS(=O)C(C)(C)CC)[C@@H]1CCN(C(=O)[C@H]2COC(C)(C)O2)C1. The molecule has 7 nitrogen and oxygen atoms in total. The molecule has 0 aliphatic carbocycles. The van der Waals surface area contributed by atoms with Crippen LogP contribution >= 0.6 is 23.2 Å². The van der Waals surface area contributed by atoms with Crippen LogP contribution in [0.15, 0.2) is 24.8 Å². The van der Waals surface area contributed by atoms with Gasteiger partial charge in [-0.2, -0.15) is 0 Å². The van der Waals surface area contributed by atoms with Crippen LogP contribution in [0.5, 0.6) is 5.75 Å². The standard InChI is InChI=1S/C25H36Cl2N2O5S/c1-7-11-32-20-13-19(27)18(26)12-17(20)22(28-35(31)24(3,4)8-2)16-9-10-29(14-16)23(30)21-15-33-25(5,6)34-21/h7,12-13,16,21-22,28H,1,8-11,14-15H2,2-6H3/t16-,21-,22?,35?/m1/s1. The van der Waals surface area contributed by atoms with Crippen LogP contribution in [-0.4, -0.2) is 58.0 Å². The number of hydrogen-bond acceptors (Lipinski definition) is 5. The second-order valence-corrected chi connectivity index (χ2v) is 12.7. The maximum atomic E-state index is 13.4. The third-order valence-electron chi connectivity index (χ3n) is 6.62. The van der Waals surface area contributed by atoms with E-state index in [0.29, 0.717) is 35.3 Å². The number of hydrogen-bond donors (Lipinski definition) is 1. The molecule has 4 atom stereocenters. The number of rotatable bonds is 10. The van der Waals surface area contributed by atoms with E-state index in [-0.39, 0.29) is 31.1 Å². The van der Waals surface area contributed by atoms with Gasteiger partial charge in [0.2, 0.25) is 0 Å². The highest BCUT2D eigenvalue weighted by molar-refractivity contribution is 7.84. The lowest BCUT2D eigenvalue weighted by molar-refractivity contribution is -0.159. The van der Waals surface area contributed by atoms with Crippen molar-refractivity contribution in [2.75, 3.05) is 26.3 Å². The molecule has 0 radical (unpaired) electrons. The van der Waals surface area contributed by atoms with Crippen molar-refractivity contribution in [3.8, 4) is 5.75 Å². The van der Waals surface area contributed by atoms with Crippen LogP contribution in [0.4, 0.5) is 0 Å². The van der Waals surface area contributed by atoms with Gasteiger partial charge in [-0.05, 0) is 52.5 Å². The molecule has 196 valence electrons. The van der Waals surface area contributed by atoms with Gasteiger partial charge >= 0.3 is 0 Å². The van der Waals surface area contributed by atoms with Crippen molar-refractivity contribution >= 4 is 40.1 Å². The number of benzene rings is 1. The normalized spacial score (nSPS) is 23.8. The fraction of sp³-hybridized carbons (Fsp3) is 0.640. The summed E-state index contributed by atoms with van der Waals surface area (Å²) >= 11 is 12.7. The van der Waals surface area contributed by atoms with Crippen molar-refractivity contribution in [2.45, 2.75) is 70.1 Å². The number of likely N-dealkylation sites (tertiary alicyclic amines) is 1. The van der Waals surface area contributed by atoms with Crippen LogP contribution in [0.3, 0.4) is 0 Å². The summed E-state index contributed by atoms with van der Waals surface area (Å²) in [6.45, 7) is 14.8. The predicted molar refractivity (Wildman–Crippen MR) is 140 cm³/mol. The van der Waals surface area contributed by atoms with E-state index >= 15 is 0 Å². The molecule has 10 heteroatoms. The lowest BCUT2D eigenvalue weighted by atomic mass is 9.92. The van der Waals surface area contributed by atoms with Gasteiger partial charge in [0.15, 0.2) is 11.9 Å². The Labute approximate surface area is 221 Å². The van der Waals surface area contributed by atoms with Crippen molar-refractivity contribution in [3.63, 3.8) is 0 Å². The van der Waals surface area contributed by atoms with Gasteiger partial charge in [-0.25, -0.2) is 8.93 Å². The first-order valence-electron chi connectivity index (χ1n) is 11.9. The summed E-state index contributed by atoms with van der Waals surface area (Å²) in [5, 5.41) is 0.747. The van der Waals surface area contributed by atoms with Crippen LogP contribution in [-0.2, 0) is 25.3 Å². The summed E-state index contributed by atoms with van der Waals surface area (Å²) in [4.78, 5) is 14.9. The third-order valence-corrected chi connectivity index (χ3v) is 9.11. The smallest absolute Gasteiger partial charge is 0.254 e. The molecule has 0 bridgehead atoms. The molecule has 0 saturated carbocycles. The number of nitrogens with one attached hydrogen (secondary N) is 1. The molecular formula is C25H36Cl2N2O5S. The molecule has 2 saturated heterocycles. The molecule has 35 heavy (non-hydrogen) atoms. The van der Waals surface area contributed by atoms with Gasteiger partial charge in [0.05, 0.1) is 38.4 Å². The highest BCUT2D eigenvalue weighted by Gasteiger charge is 2.43. The van der Waals surface area contributed by atoms with Gasteiger partial charge < -0.3 is 19.1 Å². The van der Waals surface area contributed by atoms with Gasteiger partial charge in [0.25, 0.3) is 5.91 Å². The summed E-state index contributed by atoms with van der Waals surface area (Å²) < 4.78 is 33.5. The van der Waals surface area contributed by atoms with E-state index in [1.807, 2.05) is 20.8 Å². The molecule has 2 aliphatic heterocycles. The topological polar surface area (TPSA) is 77.1 Å². The monoisotopic (exact) mass is 546 g/mol. The fourth-order valence-electron chi connectivity index (χ4n) is 4.15. The van der Waals surface area contributed by atoms with E-state index in [0.717, 1.165) is 12.0 Å². The summed E-state index contributed by atoms with van der Waals surface area (Å²) in [5.74, 6) is -0.357. The Morgan fingerprint density at radius 2 is 2.09 bits per heavy atom. The Balaban J connectivity index is 1.90. The molecule has 2 fully saturated rings. The number of ether oxygens (including phenoxy) is 3. The minimum atomic E-state index is -1.37. The number of halogens is 2. The molecule has 2 unspecified atom stereocenters. The maximum Gasteiger partial charge on any atom is 0.254 e. The minimum absolute atomic E-state index is 0.0331. The van der Waals surface area contributed by atoms with E-state index in [2.05, 4.69) is 11.3 Å². The van der Waals surface area contributed by atoms with E-state index < -0.39 is 27.6 Å². The molecule has 0 spiro atoms. The zero-order valence-corrected chi connectivity index (χ0v) is 23.4. The summed E-state index contributed by atoms with van der Waals surface area (Å²) in [6, 6.07) is 3.05. The molecule has 2 heterocycles. The second-order valence-electron chi connectivity index (χ2n) is 10.0. The summed E-state index contributed by atoms with van der Waals surface area (Å²) in [5.41, 5.74) is 0.752. The van der Waals surface area contributed by atoms with Gasteiger partial charge in [0.1, 0.15) is 12.4 Å². The van der Waals surface area contributed by atoms with E-state index in [9.17, 15) is 9.00 Å². The average Bonchev–Trinajstić information content (AvgIpc) is 3.44. The van der Waals surface area contributed by atoms with Crippen molar-refractivity contribution in [3.05, 3.63) is 40.4 Å². The highest BCUT2D eigenvalue weighted by Crippen LogP contribution is 2.40. The number of carbonyl (C=O) groups excluding carboxylic acids is 1. The third kappa shape index (κ3) is 6.79. The first-order valence-corrected chi connectivity index (χ1v) is 13.8. The van der Waals surface area contributed by atoms with E-state index in [4.69, 9.17) is 37.4 Å². The minimum Gasteiger partial charge on any atom is -0.489 e. The predicted octanol–water partition coefficient (Wildman–Crippen LogP) is 5.04. The molecule has 1 amide bonds. The first-order chi connectivity index (χ1) is 16.4.